The third-order valence-corrected chi connectivity index (χ3v) is 3.58. The van der Waals surface area contributed by atoms with E-state index in [1.165, 1.54) is 34.8 Å². The molecule has 25 heavy (non-hydrogen) atoms. The number of halogens is 1. The highest BCUT2D eigenvalue weighted by atomic mass is 19.1. The number of carbonyl (C=O) groups is 1. The number of esters is 1. The smallest absolute Gasteiger partial charge is 0.331 e. The van der Waals surface area contributed by atoms with Crippen LogP contribution in [0, 0.1) is 12.7 Å². The Morgan fingerprint density at radius 3 is 2.80 bits per heavy atom. The summed E-state index contributed by atoms with van der Waals surface area (Å²) in [7, 11) is 0. The molecule has 0 atom stereocenters. The molecule has 0 unspecified atom stereocenters. The van der Waals surface area contributed by atoms with Crippen molar-refractivity contribution in [3.8, 4) is 0 Å². The van der Waals surface area contributed by atoms with E-state index in [1.54, 1.807) is 24.4 Å². The largest absolute Gasteiger partial charge is 0.456 e. The molecule has 2 aromatic heterocycles. The molecule has 0 saturated carbocycles. The van der Waals surface area contributed by atoms with Gasteiger partial charge in [-0.1, -0.05) is 18.2 Å². The summed E-state index contributed by atoms with van der Waals surface area (Å²) in [6, 6.07) is 10.7. The summed E-state index contributed by atoms with van der Waals surface area (Å²) >= 11 is 0. The van der Waals surface area contributed by atoms with Crippen LogP contribution in [0.2, 0.25) is 0 Å². The Bertz CT molecular complexity index is 1010. The van der Waals surface area contributed by atoms with Crippen LogP contribution in [0.15, 0.2) is 59.5 Å². The molecule has 5 nitrogen and oxygen atoms in total. The molecule has 0 fully saturated rings. The Balaban J connectivity index is 1.70. The number of ether oxygens (including phenoxy) is 1. The van der Waals surface area contributed by atoms with E-state index in [2.05, 4.69) is 4.98 Å². The highest BCUT2D eigenvalue weighted by Gasteiger charge is 2.06. The quantitative estimate of drug-likeness (QED) is 0.542. The third-order valence-electron chi connectivity index (χ3n) is 3.58. The summed E-state index contributed by atoms with van der Waals surface area (Å²) in [5, 5.41) is 0. The minimum atomic E-state index is -0.573. The zero-order chi connectivity index (χ0) is 17.8. The second-order valence-corrected chi connectivity index (χ2v) is 5.46. The second kappa shape index (κ2) is 7.09. The maximum Gasteiger partial charge on any atom is 0.331 e. The monoisotopic (exact) mass is 338 g/mol. The minimum Gasteiger partial charge on any atom is -0.456 e. The van der Waals surface area contributed by atoms with Crippen molar-refractivity contribution in [1.82, 2.24) is 9.38 Å². The summed E-state index contributed by atoms with van der Waals surface area (Å²) in [6.07, 6.45) is 4.40. The number of pyridine rings is 1. The first-order chi connectivity index (χ1) is 12.0. The number of hydrogen-bond acceptors (Lipinski definition) is 4. The van der Waals surface area contributed by atoms with Gasteiger partial charge in [0.2, 0.25) is 0 Å². The second-order valence-electron chi connectivity index (χ2n) is 5.46. The van der Waals surface area contributed by atoms with Crippen molar-refractivity contribution in [2.24, 2.45) is 0 Å². The molecular formula is C19H15FN2O3. The fourth-order valence-corrected chi connectivity index (χ4v) is 2.31. The van der Waals surface area contributed by atoms with E-state index >= 15 is 0 Å². The number of fused-ring (bicyclic) bond motifs is 1. The van der Waals surface area contributed by atoms with Crippen molar-refractivity contribution in [1.29, 1.82) is 0 Å². The van der Waals surface area contributed by atoms with Gasteiger partial charge >= 0.3 is 5.97 Å². The summed E-state index contributed by atoms with van der Waals surface area (Å²) < 4.78 is 19.4. The van der Waals surface area contributed by atoms with E-state index in [0.717, 1.165) is 5.56 Å². The molecule has 126 valence electrons. The molecule has 3 rings (SSSR count). The number of hydrogen-bond donors (Lipinski definition) is 0. The topological polar surface area (TPSA) is 60.7 Å². The molecule has 0 aliphatic carbocycles. The predicted molar refractivity (Wildman–Crippen MR) is 91.4 cm³/mol. The lowest BCUT2D eigenvalue weighted by Gasteiger charge is -2.06. The van der Waals surface area contributed by atoms with E-state index in [-0.39, 0.29) is 18.0 Å². The van der Waals surface area contributed by atoms with E-state index in [4.69, 9.17) is 4.74 Å². The zero-order valence-electron chi connectivity index (χ0n) is 13.5. The van der Waals surface area contributed by atoms with Crippen LogP contribution in [0.3, 0.4) is 0 Å². The van der Waals surface area contributed by atoms with Gasteiger partial charge in [-0.25, -0.2) is 14.2 Å². The summed E-state index contributed by atoms with van der Waals surface area (Å²) in [6.45, 7) is 1.75. The maximum atomic E-state index is 12.8. The summed E-state index contributed by atoms with van der Waals surface area (Å²) in [4.78, 5) is 28.2. The van der Waals surface area contributed by atoms with Crippen LogP contribution in [-0.2, 0) is 16.1 Å². The first-order valence-electron chi connectivity index (χ1n) is 7.61. The average Bonchev–Trinajstić information content (AvgIpc) is 2.60. The SMILES string of the molecule is Cc1cccn2c(=O)cc(COC(=O)/C=C/c3ccc(F)cc3)nc12. The van der Waals surface area contributed by atoms with Crippen LogP contribution in [0.5, 0.6) is 0 Å². The van der Waals surface area contributed by atoms with Gasteiger partial charge in [-0.15, -0.1) is 0 Å². The van der Waals surface area contributed by atoms with Gasteiger partial charge in [0.25, 0.3) is 5.56 Å². The molecular weight excluding hydrogens is 323 g/mol. The average molecular weight is 338 g/mol. The van der Waals surface area contributed by atoms with Gasteiger partial charge in [0, 0.05) is 18.3 Å². The molecule has 0 spiro atoms. The van der Waals surface area contributed by atoms with E-state index in [1.807, 2.05) is 13.0 Å². The van der Waals surface area contributed by atoms with Crippen LogP contribution in [0.25, 0.3) is 11.7 Å². The van der Waals surface area contributed by atoms with E-state index in [9.17, 15) is 14.0 Å². The number of rotatable bonds is 4. The van der Waals surface area contributed by atoms with Gasteiger partial charge in [0.1, 0.15) is 18.1 Å². The highest BCUT2D eigenvalue weighted by molar-refractivity contribution is 5.87. The molecule has 0 bridgehead atoms. The van der Waals surface area contributed by atoms with Crippen LogP contribution in [-0.4, -0.2) is 15.4 Å². The van der Waals surface area contributed by atoms with Gasteiger partial charge in [0.15, 0.2) is 0 Å². The molecule has 6 heteroatoms. The van der Waals surface area contributed by atoms with Crippen molar-refractivity contribution in [3.63, 3.8) is 0 Å². The standard InChI is InChI=1S/C19H15FN2O3/c1-13-3-2-10-22-17(23)11-16(21-19(13)22)12-25-18(24)9-6-14-4-7-15(20)8-5-14/h2-11H,12H2,1H3/b9-6+. The first kappa shape index (κ1) is 16.6. The summed E-state index contributed by atoms with van der Waals surface area (Å²) in [5.74, 6) is -0.917. The summed E-state index contributed by atoms with van der Waals surface area (Å²) in [5.41, 5.74) is 2.20. The van der Waals surface area contributed by atoms with Gasteiger partial charge < -0.3 is 4.74 Å². The Hall–Kier alpha value is -3.28. The van der Waals surface area contributed by atoms with Crippen LogP contribution >= 0.6 is 0 Å². The van der Waals surface area contributed by atoms with Crippen LogP contribution in [0.1, 0.15) is 16.8 Å². The number of nitrogens with zero attached hydrogens (tertiary/aromatic N) is 2. The number of carbonyl (C=O) groups excluding carboxylic acids is 1. The highest BCUT2D eigenvalue weighted by Crippen LogP contribution is 2.07. The molecule has 0 saturated heterocycles. The van der Waals surface area contributed by atoms with Crippen molar-refractivity contribution in [3.05, 3.63) is 87.7 Å². The third kappa shape index (κ3) is 3.98. The Labute approximate surface area is 143 Å². The first-order valence-corrected chi connectivity index (χ1v) is 7.61. The Morgan fingerprint density at radius 2 is 2.04 bits per heavy atom. The molecule has 0 aliphatic heterocycles. The van der Waals surface area contributed by atoms with Gasteiger partial charge in [-0.2, -0.15) is 0 Å². The van der Waals surface area contributed by atoms with Gasteiger partial charge in [0.05, 0.1) is 5.69 Å². The molecule has 0 amide bonds. The van der Waals surface area contributed by atoms with E-state index in [0.29, 0.717) is 16.9 Å². The van der Waals surface area contributed by atoms with E-state index < -0.39 is 5.97 Å². The lowest BCUT2D eigenvalue weighted by molar-refractivity contribution is -0.139. The van der Waals surface area contributed by atoms with Crippen LogP contribution < -0.4 is 5.56 Å². The van der Waals surface area contributed by atoms with Gasteiger partial charge in [-0.3, -0.25) is 9.20 Å². The molecule has 0 radical (unpaired) electrons. The molecule has 0 aliphatic rings. The Morgan fingerprint density at radius 1 is 1.28 bits per heavy atom. The number of aryl methyl sites for hydroxylation is 1. The normalized spacial score (nSPS) is 11.1. The molecule has 0 N–H and O–H groups in total. The number of aromatic nitrogens is 2. The van der Waals surface area contributed by atoms with Crippen LogP contribution in [0.4, 0.5) is 4.39 Å². The Kier molecular flexibility index (Phi) is 4.70. The van der Waals surface area contributed by atoms with Crippen molar-refractivity contribution < 1.29 is 13.9 Å². The lowest BCUT2D eigenvalue weighted by atomic mass is 10.2. The maximum absolute atomic E-state index is 12.8. The molecule has 1 aromatic carbocycles. The minimum absolute atomic E-state index is 0.104. The van der Waals surface area contributed by atoms with Gasteiger partial charge in [-0.05, 0) is 42.3 Å². The van der Waals surface area contributed by atoms with Crippen molar-refractivity contribution in [2.75, 3.05) is 0 Å². The van der Waals surface area contributed by atoms with Crippen molar-refractivity contribution in [2.45, 2.75) is 13.5 Å². The molecule has 2 heterocycles. The molecule has 3 aromatic rings. The number of benzene rings is 1. The van der Waals surface area contributed by atoms with Crippen molar-refractivity contribution >= 4 is 17.7 Å². The fourth-order valence-electron chi connectivity index (χ4n) is 2.31. The lowest BCUT2D eigenvalue weighted by Crippen LogP contribution is -2.17. The zero-order valence-corrected chi connectivity index (χ0v) is 13.5. The fraction of sp³-hybridized carbons (Fsp3) is 0.105. The predicted octanol–water partition coefficient (Wildman–Crippen LogP) is 2.90.